The summed E-state index contributed by atoms with van der Waals surface area (Å²) in [4.78, 5) is 9.79. The molecule has 0 saturated carbocycles. The van der Waals surface area contributed by atoms with Gasteiger partial charge < -0.3 is 17.2 Å². The maximum atomic E-state index is 11.1. The first-order chi connectivity index (χ1) is 11.7. The Bertz CT molecular complexity index is 1050. The summed E-state index contributed by atoms with van der Waals surface area (Å²) in [5.41, 5.74) is 16.4. The van der Waals surface area contributed by atoms with Gasteiger partial charge in [0.1, 0.15) is 5.69 Å². The van der Waals surface area contributed by atoms with E-state index in [9.17, 15) is 26.9 Å². The number of rotatable bonds is 3. The summed E-state index contributed by atoms with van der Waals surface area (Å²) in [7, 11) is -6.61. The van der Waals surface area contributed by atoms with Gasteiger partial charge in [-0.1, -0.05) is 0 Å². The molecule has 2 aromatic carbocycles. The van der Waals surface area contributed by atoms with Gasteiger partial charge in [-0.3, -0.25) is 10.1 Å². The maximum absolute atomic E-state index is 11.1. The Morgan fingerprint density at radius 3 is 1.58 bits per heavy atom. The van der Waals surface area contributed by atoms with Crippen molar-refractivity contribution in [2.24, 2.45) is 0 Å². The number of nitro groups is 1. The summed E-state index contributed by atoms with van der Waals surface area (Å²) in [6.07, 6.45) is 2.10. The summed E-state index contributed by atoms with van der Waals surface area (Å²) in [6.45, 7) is 0. The van der Waals surface area contributed by atoms with Gasteiger partial charge in [-0.2, -0.15) is 0 Å². The molecule has 26 heavy (non-hydrogen) atoms. The van der Waals surface area contributed by atoms with Gasteiger partial charge in [-0.05, 0) is 30.3 Å². The Morgan fingerprint density at radius 2 is 1.19 bits per heavy atom. The molecule has 12 heteroatoms. The number of sulfone groups is 2. The van der Waals surface area contributed by atoms with Crippen molar-refractivity contribution in [2.75, 3.05) is 29.7 Å². The van der Waals surface area contributed by atoms with Gasteiger partial charge in [0, 0.05) is 18.6 Å². The van der Waals surface area contributed by atoms with Gasteiger partial charge in [-0.15, -0.1) is 0 Å². The van der Waals surface area contributed by atoms with Gasteiger partial charge in [0.05, 0.1) is 26.1 Å². The number of hydrogen-bond donors (Lipinski definition) is 3. The highest BCUT2D eigenvalue weighted by Crippen LogP contribution is 2.24. The topological polar surface area (TPSA) is 189 Å². The molecule has 0 heterocycles. The van der Waals surface area contributed by atoms with E-state index in [1.54, 1.807) is 0 Å². The first-order valence-corrected chi connectivity index (χ1v) is 10.6. The molecule has 0 aliphatic heterocycles. The van der Waals surface area contributed by atoms with E-state index in [0.717, 1.165) is 18.6 Å². The van der Waals surface area contributed by atoms with Gasteiger partial charge in [-0.25, -0.2) is 16.8 Å². The first-order valence-electron chi connectivity index (χ1n) is 6.82. The van der Waals surface area contributed by atoms with Crippen molar-refractivity contribution in [3.63, 3.8) is 0 Å². The molecule has 0 amide bonds. The summed E-state index contributed by atoms with van der Waals surface area (Å²) in [6, 6.07) is 7.65. The molecule has 0 aliphatic carbocycles. The van der Waals surface area contributed by atoms with Crippen LogP contribution in [-0.2, 0) is 19.7 Å². The SMILES string of the molecule is CS(=O)(=O)c1ccc(N)c(N)c1.CS(=O)(=O)c1ccc(N)c([N+](=O)[O-])c1. The maximum Gasteiger partial charge on any atom is 0.293 e. The second-order valence-corrected chi connectivity index (χ2v) is 9.34. The van der Waals surface area contributed by atoms with Crippen LogP contribution in [0, 0.1) is 10.1 Å². The van der Waals surface area contributed by atoms with E-state index in [4.69, 9.17) is 17.2 Å². The third kappa shape index (κ3) is 5.60. The van der Waals surface area contributed by atoms with E-state index in [2.05, 4.69) is 0 Å². The fourth-order valence-corrected chi connectivity index (χ4v) is 2.99. The van der Waals surface area contributed by atoms with Crippen molar-refractivity contribution in [3.05, 3.63) is 46.5 Å². The highest BCUT2D eigenvalue weighted by molar-refractivity contribution is 7.91. The first kappa shape index (κ1) is 21.2. The van der Waals surface area contributed by atoms with Gasteiger partial charge >= 0.3 is 0 Å². The smallest absolute Gasteiger partial charge is 0.293 e. The zero-order valence-electron chi connectivity index (χ0n) is 13.9. The van der Waals surface area contributed by atoms with E-state index in [-0.39, 0.29) is 21.2 Å². The van der Waals surface area contributed by atoms with Crippen LogP contribution in [0.5, 0.6) is 0 Å². The standard InChI is InChI=1S/C7H8N2O4S.C7H10N2O2S/c1-14(12,13)5-2-3-6(8)7(4-5)9(10)11;1-12(10,11)5-2-3-6(8)7(9)4-5/h2-4H,8H2,1H3;2-4H,8-9H2,1H3. The average Bonchev–Trinajstić information content (AvgIpc) is 2.48. The largest absolute Gasteiger partial charge is 0.397 e. The lowest BCUT2D eigenvalue weighted by molar-refractivity contribution is -0.384. The molecule has 2 rings (SSSR count). The normalized spacial score (nSPS) is 11.3. The minimum absolute atomic E-state index is 0.0533. The predicted molar refractivity (Wildman–Crippen MR) is 99.0 cm³/mol. The van der Waals surface area contributed by atoms with E-state index in [0.29, 0.717) is 5.69 Å². The fraction of sp³-hybridized carbons (Fsp3) is 0.143. The highest BCUT2D eigenvalue weighted by atomic mass is 32.2. The molecule has 6 N–H and O–H groups in total. The van der Waals surface area contributed by atoms with E-state index in [1.807, 2.05) is 0 Å². The van der Waals surface area contributed by atoms with Crippen molar-refractivity contribution >= 4 is 42.4 Å². The number of nitro benzene ring substituents is 1. The lowest BCUT2D eigenvalue weighted by atomic mass is 10.3. The second-order valence-electron chi connectivity index (χ2n) is 5.31. The van der Waals surface area contributed by atoms with E-state index < -0.39 is 30.3 Å². The number of benzene rings is 2. The van der Waals surface area contributed by atoms with Crippen LogP contribution in [0.4, 0.5) is 22.7 Å². The zero-order chi connectivity index (χ0) is 20.3. The Kier molecular flexibility index (Phi) is 6.17. The zero-order valence-corrected chi connectivity index (χ0v) is 15.5. The summed E-state index contributed by atoms with van der Waals surface area (Å²) >= 11 is 0. The molecule has 0 fully saturated rings. The summed E-state index contributed by atoms with van der Waals surface area (Å²) in [5, 5.41) is 10.4. The number of nitrogens with two attached hydrogens (primary N) is 3. The molecule has 0 aliphatic rings. The Labute approximate surface area is 150 Å². The fourth-order valence-electron chi connectivity index (χ4n) is 1.70. The number of anilines is 3. The van der Waals surface area contributed by atoms with E-state index >= 15 is 0 Å². The van der Waals surface area contributed by atoms with Crippen molar-refractivity contribution in [1.82, 2.24) is 0 Å². The Morgan fingerprint density at radius 1 is 0.769 bits per heavy atom. The van der Waals surface area contributed by atoms with Crippen LogP contribution < -0.4 is 17.2 Å². The molecule has 10 nitrogen and oxygen atoms in total. The van der Waals surface area contributed by atoms with Gasteiger partial charge in [0.2, 0.25) is 0 Å². The predicted octanol–water partition coefficient (Wildman–Crippen LogP) is 0.835. The minimum atomic E-state index is -3.44. The quantitative estimate of drug-likeness (QED) is 0.379. The van der Waals surface area contributed by atoms with Crippen LogP contribution in [0.2, 0.25) is 0 Å². The highest BCUT2D eigenvalue weighted by Gasteiger charge is 2.16. The van der Waals surface area contributed by atoms with Gasteiger partial charge in [0.15, 0.2) is 19.7 Å². The van der Waals surface area contributed by atoms with Crippen LogP contribution >= 0.6 is 0 Å². The molecule has 0 unspecified atom stereocenters. The van der Waals surface area contributed by atoms with Crippen molar-refractivity contribution in [2.45, 2.75) is 9.79 Å². The third-order valence-corrected chi connectivity index (χ3v) is 5.33. The average molecular weight is 402 g/mol. The Balaban J connectivity index is 0.000000263. The van der Waals surface area contributed by atoms with Crippen LogP contribution in [0.1, 0.15) is 0 Å². The van der Waals surface area contributed by atoms with Crippen LogP contribution in [0.15, 0.2) is 46.2 Å². The minimum Gasteiger partial charge on any atom is -0.397 e. The molecule has 0 spiro atoms. The summed E-state index contributed by atoms with van der Waals surface area (Å²) < 4.78 is 44.1. The van der Waals surface area contributed by atoms with Crippen molar-refractivity contribution in [1.29, 1.82) is 0 Å². The molecular weight excluding hydrogens is 384 g/mol. The molecule has 0 radical (unpaired) electrons. The van der Waals surface area contributed by atoms with Crippen molar-refractivity contribution in [3.8, 4) is 0 Å². The molecule has 2 aromatic rings. The van der Waals surface area contributed by atoms with Crippen LogP contribution in [0.25, 0.3) is 0 Å². The lowest BCUT2D eigenvalue weighted by Gasteiger charge is -2.01. The molecule has 0 aromatic heterocycles. The summed E-state index contributed by atoms with van der Waals surface area (Å²) in [5.74, 6) is 0. The lowest BCUT2D eigenvalue weighted by Crippen LogP contribution is -2.01. The van der Waals surface area contributed by atoms with Crippen LogP contribution in [-0.4, -0.2) is 34.3 Å². The molecule has 0 bridgehead atoms. The second kappa shape index (κ2) is 7.58. The molecular formula is C14H18N4O6S2. The molecule has 0 saturated heterocycles. The Hall–Kier alpha value is -2.86. The number of hydrogen-bond acceptors (Lipinski definition) is 9. The third-order valence-electron chi connectivity index (χ3n) is 3.11. The van der Waals surface area contributed by atoms with E-state index in [1.165, 1.54) is 30.3 Å². The molecule has 142 valence electrons. The van der Waals surface area contributed by atoms with Gasteiger partial charge in [0.25, 0.3) is 5.69 Å². The van der Waals surface area contributed by atoms with Crippen LogP contribution in [0.3, 0.4) is 0 Å². The number of nitrogen functional groups attached to an aromatic ring is 3. The molecule has 0 atom stereocenters. The monoisotopic (exact) mass is 402 g/mol. The number of nitrogens with zero attached hydrogens (tertiary/aromatic N) is 1. The van der Waals surface area contributed by atoms with Crippen molar-refractivity contribution < 1.29 is 21.8 Å².